The van der Waals surface area contributed by atoms with Gasteiger partial charge in [0.15, 0.2) is 5.76 Å². The van der Waals surface area contributed by atoms with Crippen molar-refractivity contribution in [2.45, 2.75) is 13.2 Å². The van der Waals surface area contributed by atoms with E-state index in [1.807, 2.05) is 60.8 Å². The molecule has 34 heavy (non-hydrogen) atoms. The van der Waals surface area contributed by atoms with Crippen LogP contribution in [0.4, 0.5) is 4.39 Å². The number of nitrogens with zero attached hydrogens (tertiary/aromatic N) is 2. The van der Waals surface area contributed by atoms with Crippen LogP contribution in [-0.4, -0.2) is 22.8 Å². The molecule has 0 fully saturated rings. The number of furan rings is 1. The van der Waals surface area contributed by atoms with Gasteiger partial charge in [-0.25, -0.2) is 9.07 Å². The Bertz CT molecular complexity index is 1440. The Morgan fingerprint density at radius 3 is 2.53 bits per heavy atom. The molecule has 0 saturated heterocycles. The van der Waals surface area contributed by atoms with Gasteiger partial charge < -0.3 is 14.5 Å². The zero-order chi connectivity index (χ0) is 23.5. The molecule has 0 saturated carbocycles. The number of para-hydroxylation sites is 2. The molecule has 7 heteroatoms. The minimum absolute atomic E-state index is 0.210. The second-order valence-electron chi connectivity index (χ2n) is 7.81. The molecular weight excluding hydrogens is 433 g/mol. The Balaban J connectivity index is 1.47. The number of aromatic nitrogens is 2. The lowest BCUT2D eigenvalue weighted by molar-refractivity contribution is 0.0918. The van der Waals surface area contributed by atoms with E-state index in [9.17, 15) is 9.18 Å². The summed E-state index contributed by atoms with van der Waals surface area (Å²) in [6.07, 6.45) is 1.86. The van der Waals surface area contributed by atoms with Gasteiger partial charge in [-0.2, -0.15) is 5.10 Å². The Morgan fingerprint density at radius 1 is 1.03 bits per heavy atom. The lowest BCUT2D eigenvalue weighted by Crippen LogP contribution is -2.23. The lowest BCUT2D eigenvalue weighted by atomic mass is 10.1. The molecule has 0 spiro atoms. The lowest BCUT2D eigenvalue weighted by Gasteiger charge is -2.06. The van der Waals surface area contributed by atoms with Crippen molar-refractivity contribution in [1.29, 1.82) is 0 Å². The second-order valence-corrected chi connectivity index (χ2v) is 7.81. The molecule has 170 valence electrons. The summed E-state index contributed by atoms with van der Waals surface area (Å²) in [6, 6.07) is 23.3. The molecular formula is C27H22FN3O3. The summed E-state index contributed by atoms with van der Waals surface area (Å²) < 4.78 is 26.4. The van der Waals surface area contributed by atoms with E-state index >= 15 is 0 Å². The number of amides is 1. The molecule has 0 bridgehead atoms. The molecule has 0 radical (unpaired) electrons. The van der Waals surface area contributed by atoms with Gasteiger partial charge in [-0.1, -0.05) is 36.4 Å². The number of carbonyl (C=O) groups is 1. The molecule has 3 aromatic carbocycles. The summed E-state index contributed by atoms with van der Waals surface area (Å²) in [7, 11) is 1.58. The van der Waals surface area contributed by atoms with E-state index in [4.69, 9.17) is 14.3 Å². The van der Waals surface area contributed by atoms with Gasteiger partial charge in [0.05, 0.1) is 18.0 Å². The molecule has 1 amide bonds. The maximum atomic E-state index is 13.5. The van der Waals surface area contributed by atoms with Crippen LogP contribution >= 0.6 is 0 Å². The van der Waals surface area contributed by atoms with Gasteiger partial charge in [0.1, 0.15) is 11.4 Å². The van der Waals surface area contributed by atoms with Crippen molar-refractivity contribution >= 4 is 16.9 Å². The van der Waals surface area contributed by atoms with Gasteiger partial charge in [-0.05, 0) is 42.5 Å². The highest BCUT2D eigenvalue weighted by atomic mass is 19.1. The molecule has 5 rings (SSSR count). The number of methoxy groups -OCH3 is 1. The number of benzene rings is 3. The number of fused-ring (bicyclic) bond motifs is 1. The van der Waals surface area contributed by atoms with Crippen molar-refractivity contribution in [3.05, 3.63) is 108 Å². The van der Waals surface area contributed by atoms with E-state index in [0.717, 1.165) is 22.2 Å². The minimum Gasteiger partial charge on any atom is -0.451 e. The van der Waals surface area contributed by atoms with Crippen LogP contribution in [0.25, 0.3) is 27.9 Å². The Hall–Kier alpha value is -4.23. The molecule has 0 aliphatic heterocycles. The summed E-state index contributed by atoms with van der Waals surface area (Å²) in [5.41, 5.74) is 4.41. The topological polar surface area (TPSA) is 69.3 Å². The van der Waals surface area contributed by atoms with E-state index in [0.29, 0.717) is 16.8 Å². The zero-order valence-electron chi connectivity index (χ0n) is 18.5. The van der Waals surface area contributed by atoms with Crippen molar-refractivity contribution in [2.75, 3.05) is 7.11 Å². The van der Waals surface area contributed by atoms with Crippen LogP contribution in [-0.2, 0) is 17.9 Å². The number of rotatable bonds is 7. The van der Waals surface area contributed by atoms with Gasteiger partial charge in [0.25, 0.3) is 5.91 Å². The Labute approximate surface area is 195 Å². The minimum atomic E-state index is -0.347. The largest absolute Gasteiger partial charge is 0.451 e. The van der Waals surface area contributed by atoms with Gasteiger partial charge in [-0.3, -0.25) is 4.79 Å². The Kier molecular flexibility index (Phi) is 5.93. The van der Waals surface area contributed by atoms with Crippen molar-refractivity contribution in [3.8, 4) is 16.9 Å². The first-order valence-corrected chi connectivity index (χ1v) is 10.8. The van der Waals surface area contributed by atoms with Crippen molar-refractivity contribution in [3.63, 3.8) is 0 Å². The second kappa shape index (κ2) is 9.33. The van der Waals surface area contributed by atoms with E-state index < -0.39 is 0 Å². The first-order valence-electron chi connectivity index (χ1n) is 10.8. The van der Waals surface area contributed by atoms with Gasteiger partial charge in [0.2, 0.25) is 0 Å². The fraction of sp³-hybridized carbons (Fsp3) is 0.111. The van der Waals surface area contributed by atoms with Gasteiger partial charge >= 0.3 is 0 Å². The first-order chi connectivity index (χ1) is 16.6. The fourth-order valence-corrected chi connectivity index (χ4v) is 3.93. The van der Waals surface area contributed by atoms with E-state index in [1.54, 1.807) is 23.9 Å². The zero-order valence-corrected chi connectivity index (χ0v) is 18.5. The summed E-state index contributed by atoms with van der Waals surface area (Å²) in [6.45, 7) is 0.467. The number of carbonyl (C=O) groups excluding carboxylic acids is 1. The fourth-order valence-electron chi connectivity index (χ4n) is 3.93. The SMILES string of the molecule is COCc1c(C(=O)NCc2cn(-c3ccccc3)nc2-c2ccc(F)cc2)oc2ccccc12. The van der Waals surface area contributed by atoms with Crippen molar-refractivity contribution in [2.24, 2.45) is 0 Å². The number of hydrogen-bond acceptors (Lipinski definition) is 4. The molecule has 2 heterocycles. The highest BCUT2D eigenvalue weighted by molar-refractivity contribution is 5.99. The quantitative estimate of drug-likeness (QED) is 0.352. The monoisotopic (exact) mass is 455 g/mol. The van der Waals surface area contributed by atoms with E-state index in [1.165, 1.54) is 12.1 Å². The van der Waals surface area contributed by atoms with E-state index in [2.05, 4.69) is 5.32 Å². The average Bonchev–Trinajstić information content (AvgIpc) is 3.46. The highest BCUT2D eigenvalue weighted by Gasteiger charge is 2.21. The molecule has 1 N–H and O–H groups in total. The summed E-state index contributed by atoms with van der Waals surface area (Å²) in [5.74, 6) is -0.445. The molecule has 6 nitrogen and oxygen atoms in total. The van der Waals surface area contributed by atoms with Crippen LogP contribution < -0.4 is 5.32 Å². The van der Waals surface area contributed by atoms with Crippen LogP contribution in [0.3, 0.4) is 0 Å². The van der Waals surface area contributed by atoms with Crippen LogP contribution in [0.5, 0.6) is 0 Å². The third kappa shape index (κ3) is 4.21. The van der Waals surface area contributed by atoms with Gasteiger partial charge in [0, 0.05) is 41.9 Å². The predicted molar refractivity (Wildman–Crippen MR) is 127 cm³/mol. The number of hydrogen-bond donors (Lipinski definition) is 1. The van der Waals surface area contributed by atoms with Gasteiger partial charge in [-0.15, -0.1) is 0 Å². The number of nitrogens with one attached hydrogen (secondary N) is 1. The van der Waals surface area contributed by atoms with E-state index in [-0.39, 0.29) is 30.6 Å². The molecule has 5 aromatic rings. The smallest absolute Gasteiger partial charge is 0.287 e. The number of halogens is 1. The van der Waals surface area contributed by atoms with Crippen molar-refractivity contribution < 1.29 is 18.3 Å². The highest BCUT2D eigenvalue weighted by Crippen LogP contribution is 2.27. The third-order valence-corrected chi connectivity index (χ3v) is 5.56. The predicted octanol–water partition coefficient (Wildman–Crippen LogP) is 5.50. The van der Waals surface area contributed by atoms with Crippen molar-refractivity contribution in [1.82, 2.24) is 15.1 Å². The standard InChI is InChI=1S/C27H22FN3O3/c1-33-17-23-22-9-5-6-10-24(22)34-26(23)27(32)29-15-19-16-31(21-7-3-2-4-8-21)30-25(19)18-11-13-20(28)14-12-18/h2-14,16H,15,17H2,1H3,(H,29,32). The first kappa shape index (κ1) is 21.6. The summed E-state index contributed by atoms with van der Waals surface area (Å²) >= 11 is 0. The van der Waals surface area contributed by atoms with Crippen LogP contribution in [0, 0.1) is 5.82 Å². The molecule has 2 aromatic heterocycles. The average molecular weight is 455 g/mol. The normalized spacial score (nSPS) is 11.1. The van der Waals surface area contributed by atoms with Crippen LogP contribution in [0.2, 0.25) is 0 Å². The third-order valence-electron chi connectivity index (χ3n) is 5.56. The Morgan fingerprint density at radius 2 is 1.76 bits per heavy atom. The summed E-state index contributed by atoms with van der Waals surface area (Å²) in [4.78, 5) is 13.1. The summed E-state index contributed by atoms with van der Waals surface area (Å²) in [5, 5.41) is 8.50. The molecule has 0 atom stereocenters. The molecule has 0 aliphatic carbocycles. The molecule has 0 unspecified atom stereocenters. The maximum Gasteiger partial charge on any atom is 0.287 e. The maximum absolute atomic E-state index is 13.5. The molecule has 0 aliphatic rings. The van der Waals surface area contributed by atoms with Crippen LogP contribution in [0.1, 0.15) is 21.7 Å². The number of ether oxygens (including phenoxy) is 1. The van der Waals surface area contributed by atoms with Crippen LogP contribution in [0.15, 0.2) is 89.5 Å².